The molecule has 0 saturated carbocycles. The normalized spacial score (nSPS) is 11.3. The van der Waals surface area contributed by atoms with Gasteiger partial charge in [-0.1, -0.05) is 81.5 Å². The Kier molecular flexibility index (Phi) is 12.0. The highest BCUT2D eigenvalue weighted by Crippen LogP contribution is 2.06. The van der Waals surface area contributed by atoms with Gasteiger partial charge in [-0.3, -0.25) is 4.79 Å². The molecule has 1 aromatic rings. The molecule has 0 aliphatic carbocycles. The van der Waals surface area contributed by atoms with Crippen molar-refractivity contribution in [2.24, 2.45) is 0 Å². The van der Waals surface area contributed by atoms with Crippen LogP contribution in [0.5, 0.6) is 0 Å². The summed E-state index contributed by atoms with van der Waals surface area (Å²) >= 11 is 1.63. The van der Waals surface area contributed by atoms with Crippen LogP contribution in [-0.4, -0.2) is 18.2 Å². The molecule has 23 heavy (non-hydrogen) atoms. The molecule has 3 heteroatoms. The van der Waals surface area contributed by atoms with Gasteiger partial charge >= 0.3 is 0 Å². The van der Waals surface area contributed by atoms with Gasteiger partial charge in [0, 0.05) is 18.4 Å². The molecule has 0 unspecified atom stereocenters. The predicted molar refractivity (Wildman–Crippen MR) is 103 cm³/mol. The SMILES string of the molecule is CCCCCCCCNC(=O)C=CSCC=Cc1ccccc1. The Hall–Kier alpha value is -1.48. The van der Waals surface area contributed by atoms with E-state index in [9.17, 15) is 4.79 Å². The molecular weight excluding hydrogens is 302 g/mol. The molecule has 0 fully saturated rings. The second kappa shape index (κ2) is 14.1. The molecule has 1 aromatic carbocycles. The third-order valence-electron chi connectivity index (χ3n) is 3.45. The Bertz CT molecular complexity index is 468. The number of rotatable bonds is 12. The number of hydrogen-bond acceptors (Lipinski definition) is 2. The van der Waals surface area contributed by atoms with E-state index < -0.39 is 0 Å². The molecule has 0 heterocycles. The first-order valence-corrected chi connectivity index (χ1v) is 9.65. The summed E-state index contributed by atoms with van der Waals surface area (Å²) in [7, 11) is 0. The van der Waals surface area contributed by atoms with Crippen molar-refractivity contribution in [1.29, 1.82) is 0 Å². The second-order valence-corrected chi connectivity index (χ2v) is 6.45. The summed E-state index contributed by atoms with van der Waals surface area (Å²) in [5, 5.41) is 4.80. The van der Waals surface area contributed by atoms with Gasteiger partial charge in [-0.15, -0.1) is 11.8 Å². The van der Waals surface area contributed by atoms with Gasteiger partial charge < -0.3 is 5.32 Å². The maximum absolute atomic E-state index is 11.6. The van der Waals surface area contributed by atoms with Gasteiger partial charge in [0.2, 0.25) is 5.91 Å². The largest absolute Gasteiger partial charge is 0.353 e. The third kappa shape index (κ3) is 11.7. The van der Waals surface area contributed by atoms with Crippen LogP contribution in [0, 0.1) is 0 Å². The van der Waals surface area contributed by atoms with E-state index in [1.165, 1.54) is 37.7 Å². The molecule has 0 saturated heterocycles. The van der Waals surface area contributed by atoms with E-state index in [1.54, 1.807) is 17.8 Å². The zero-order valence-electron chi connectivity index (χ0n) is 14.2. The molecule has 2 nitrogen and oxygen atoms in total. The van der Waals surface area contributed by atoms with Crippen LogP contribution in [0.25, 0.3) is 6.08 Å². The smallest absolute Gasteiger partial charge is 0.244 e. The monoisotopic (exact) mass is 331 g/mol. The minimum absolute atomic E-state index is 0.0121. The van der Waals surface area contributed by atoms with E-state index in [0.29, 0.717) is 0 Å². The molecule has 0 aromatic heterocycles. The molecule has 1 N–H and O–H groups in total. The van der Waals surface area contributed by atoms with Crippen molar-refractivity contribution in [2.45, 2.75) is 45.4 Å². The number of nitrogens with one attached hydrogen (secondary N) is 1. The van der Waals surface area contributed by atoms with E-state index in [4.69, 9.17) is 0 Å². The molecule has 0 radical (unpaired) electrons. The fourth-order valence-corrected chi connectivity index (χ4v) is 2.68. The van der Waals surface area contributed by atoms with Crippen molar-refractivity contribution in [3.63, 3.8) is 0 Å². The fraction of sp³-hybridized carbons (Fsp3) is 0.450. The first-order valence-electron chi connectivity index (χ1n) is 8.60. The van der Waals surface area contributed by atoms with E-state index in [1.807, 2.05) is 23.6 Å². The lowest BCUT2D eigenvalue weighted by Crippen LogP contribution is -2.21. The highest BCUT2D eigenvalue weighted by atomic mass is 32.2. The van der Waals surface area contributed by atoms with Crippen LogP contribution in [0.2, 0.25) is 0 Å². The quantitative estimate of drug-likeness (QED) is 0.409. The minimum Gasteiger partial charge on any atom is -0.353 e. The van der Waals surface area contributed by atoms with Crippen LogP contribution in [0.15, 0.2) is 47.9 Å². The van der Waals surface area contributed by atoms with Crippen molar-refractivity contribution in [1.82, 2.24) is 5.32 Å². The fourth-order valence-electron chi connectivity index (χ4n) is 2.15. The van der Waals surface area contributed by atoms with Gasteiger partial charge in [0.1, 0.15) is 0 Å². The Labute approximate surface area is 145 Å². The van der Waals surface area contributed by atoms with Gasteiger partial charge in [0.25, 0.3) is 0 Å². The van der Waals surface area contributed by atoms with Gasteiger partial charge in [-0.05, 0) is 17.4 Å². The second-order valence-electron chi connectivity index (χ2n) is 5.51. The third-order valence-corrected chi connectivity index (χ3v) is 4.16. The predicted octanol–water partition coefficient (Wildman–Crippen LogP) is 5.42. The lowest BCUT2D eigenvalue weighted by molar-refractivity contribution is -0.116. The molecule has 0 bridgehead atoms. The summed E-state index contributed by atoms with van der Waals surface area (Å²) in [6, 6.07) is 10.2. The van der Waals surface area contributed by atoms with E-state index in [0.717, 1.165) is 18.7 Å². The van der Waals surface area contributed by atoms with E-state index in [2.05, 4.69) is 36.5 Å². The molecule has 126 valence electrons. The summed E-state index contributed by atoms with van der Waals surface area (Å²) in [5.41, 5.74) is 1.20. The number of hydrogen-bond donors (Lipinski definition) is 1. The summed E-state index contributed by atoms with van der Waals surface area (Å²) in [4.78, 5) is 11.6. The van der Waals surface area contributed by atoms with Crippen molar-refractivity contribution in [3.8, 4) is 0 Å². The number of benzene rings is 1. The molecule has 1 rings (SSSR count). The van der Waals surface area contributed by atoms with Gasteiger partial charge in [0.15, 0.2) is 0 Å². The van der Waals surface area contributed by atoms with Crippen LogP contribution in [0.3, 0.4) is 0 Å². The summed E-state index contributed by atoms with van der Waals surface area (Å²) < 4.78 is 0. The number of unbranched alkanes of at least 4 members (excludes halogenated alkanes) is 5. The lowest BCUT2D eigenvalue weighted by atomic mass is 10.1. The number of amides is 1. The van der Waals surface area contributed by atoms with Crippen molar-refractivity contribution in [3.05, 3.63) is 53.5 Å². The van der Waals surface area contributed by atoms with Crippen LogP contribution in [-0.2, 0) is 4.79 Å². The topological polar surface area (TPSA) is 29.1 Å². The van der Waals surface area contributed by atoms with Gasteiger partial charge in [-0.25, -0.2) is 0 Å². The Balaban J connectivity index is 1.99. The number of carbonyl (C=O) groups excluding carboxylic acids is 1. The maximum Gasteiger partial charge on any atom is 0.244 e. The van der Waals surface area contributed by atoms with E-state index in [-0.39, 0.29) is 5.91 Å². The highest BCUT2D eigenvalue weighted by molar-refractivity contribution is 8.02. The van der Waals surface area contributed by atoms with Crippen molar-refractivity contribution < 1.29 is 4.79 Å². The highest BCUT2D eigenvalue weighted by Gasteiger charge is 1.94. The standard InChI is InChI=1S/C20H29NOS/c1-2-3-4-5-6-10-16-21-20(22)15-18-23-17-11-14-19-12-8-7-9-13-19/h7-9,11-15,18H,2-6,10,16-17H2,1H3,(H,21,22). The number of carbonyl (C=O) groups is 1. The lowest BCUT2D eigenvalue weighted by Gasteiger charge is -2.02. The summed E-state index contributed by atoms with van der Waals surface area (Å²) in [6.07, 6.45) is 13.3. The molecule has 0 atom stereocenters. The van der Waals surface area contributed by atoms with Crippen molar-refractivity contribution >= 4 is 23.7 Å². The Morgan fingerprint density at radius 2 is 1.83 bits per heavy atom. The summed E-state index contributed by atoms with van der Waals surface area (Å²) in [6.45, 7) is 3.01. The summed E-state index contributed by atoms with van der Waals surface area (Å²) in [5.74, 6) is 0.883. The average Bonchev–Trinajstić information content (AvgIpc) is 2.58. The maximum atomic E-state index is 11.6. The van der Waals surface area contributed by atoms with Crippen LogP contribution < -0.4 is 5.32 Å². The average molecular weight is 332 g/mol. The zero-order chi connectivity index (χ0) is 16.6. The van der Waals surface area contributed by atoms with E-state index >= 15 is 0 Å². The van der Waals surface area contributed by atoms with Gasteiger partial charge in [-0.2, -0.15) is 0 Å². The molecule has 0 aliphatic heterocycles. The molecule has 0 aliphatic rings. The zero-order valence-corrected chi connectivity index (χ0v) is 15.0. The van der Waals surface area contributed by atoms with Gasteiger partial charge in [0.05, 0.1) is 0 Å². The van der Waals surface area contributed by atoms with Crippen molar-refractivity contribution in [2.75, 3.05) is 12.3 Å². The molecule has 1 amide bonds. The van der Waals surface area contributed by atoms with Crippen LogP contribution >= 0.6 is 11.8 Å². The van der Waals surface area contributed by atoms with Crippen LogP contribution in [0.4, 0.5) is 0 Å². The molecular formula is C20H29NOS. The molecule has 0 spiro atoms. The first-order chi connectivity index (χ1) is 11.3. The first kappa shape index (κ1) is 19.6. The minimum atomic E-state index is 0.0121. The number of thioether (sulfide) groups is 1. The Morgan fingerprint density at radius 3 is 2.61 bits per heavy atom. The van der Waals surface area contributed by atoms with Crippen LogP contribution in [0.1, 0.15) is 51.0 Å². The Morgan fingerprint density at radius 1 is 1.09 bits per heavy atom.